The highest BCUT2D eigenvalue weighted by Crippen LogP contribution is 2.20. The highest BCUT2D eigenvalue weighted by atomic mass is 79.9. The highest BCUT2D eigenvalue weighted by Gasteiger charge is 2.11. The Morgan fingerprint density at radius 3 is 2.62 bits per heavy atom. The van der Waals surface area contributed by atoms with Gasteiger partial charge in [-0.05, 0) is 35.9 Å². The molecule has 2 N–H and O–H groups in total. The van der Waals surface area contributed by atoms with E-state index in [0.717, 1.165) is 14.5 Å². The number of carbonyl (C=O) groups is 2. The number of hydrogen-bond donors (Lipinski definition) is 2. The van der Waals surface area contributed by atoms with Crippen molar-refractivity contribution in [2.75, 3.05) is 6.54 Å². The minimum Gasteiger partial charge on any atom is -0.343 e. The van der Waals surface area contributed by atoms with Crippen LogP contribution in [0.1, 0.15) is 15.9 Å². The van der Waals surface area contributed by atoms with Crippen LogP contribution in [0.5, 0.6) is 0 Å². The SMILES string of the molecule is O=C(CNC(=O)c1cc(Br)ccc1Cl)N/N=C/c1cccc(Br)c1. The molecule has 0 fully saturated rings. The fraction of sp³-hybridized carbons (Fsp3) is 0.0625. The lowest BCUT2D eigenvalue weighted by Gasteiger charge is -2.06. The average molecular weight is 474 g/mol. The highest BCUT2D eigenvalue weighted by molar-refractivity contribution is 9.10. The number of amides is 2. The summed E-state index contributed by atoms with van der Waals surface area (Å²) in [5, 5.41) is 6.63. The van der Waals surface area contributed by atoms with Gasteiger partial charge in [0.15, 0.2) is 0 Å². The number of carbonyl (C=O) groups excluding carboxylic acids is 2. The summed E-state index contributed by atoms with van der Waals surface area (Å²) in [6.45, 7) is -0.211. The standard InChI is InChI=1S/C16H12Br2ClN3O2/c17-11-3-1-2-10(6-11)8-21-22-15(23)9-20-16(24)13-7-12(18)4-5-14(13)19/h1-8H,9H2,(H,20,24)(H,22,23)/b21-8+. The summed E-state index contributed by atoms with van der Waals surface area (Å²) in [5.74, 6) is -0.881. The molecule has 0 spiro atoms. The predicted molar refractivity (Wildman–Crippen MR) is 101 cm³/mol. The van der Waals surface area contributed by atoms with Gasteiger partial charge in [0, 0.05) is 8.95 Å². The Balaban J connectivity index is 1.84. The monoisotopic (exact) mass is 471 g/mol. The fourth-order valence-electron chi connectivity index (χ4n) is 1.73. The van der Waals surface area contributed by atoms with Crippen LogP contribution in [0.2, 0.25) is 5.02 Å². The summed E-state index contributed by atoms with van der Waals surface area (Å²) >= 11 is 12.6. The van der Waals surface area contributed by atoms with Crippen molar-refractivity contribution in [1.29, 1.82) is 0 Å². The summed E-state index contributed by atoms with van der Waals surface area (Å²) in [5.41, 5.74) is 3.46. The number of hydrazone groups is 1. The Hall–Kier alpha value is -1.70. The molecule has 8 heteroatoms. The van der Waals surface area contributed by atoms with Gasteiger partial charge in [0.25, 0.3) is 11.8 Å². The number of hydrogen-bond acceptors (Lipinski definition) is 3. The van der Waals surface area contributed by atoms with Gasteiger partial charge in [0.05, 0.1) is 23.3 Å². The molecule has 0 heterocycles. The van der Waals surface area contributed by atoms with E-state index in [2.05, 4.69) is 47.7 Å². The van der Waals surface area contributed by atoms with E-state index >= 15 is 0 Å². The Labute approximate surface area is 160 Å². The van der Waals surface area contributed by atoms with E-state index in [1.165, 1.54) is 6.21 Å². The van der Waals surface area contributed by atoms with Gasteiger partial charge in [0.2, 0.25) is 0 Å². The summed E-state index contributed by atoms with van der Waals surface area (Å²) in [7, 11) is 0. The molecule has 5 nitrogen and oxygen atoms in total. The molecule has 0 radical (unpaired) electrons. The van der Waals surface area contributed by atoms with Crippen molar-refractivity contribution < 1.29 is 9.59 Å². The lowest BCUT2D eigenvalue weighted by molar-refractivity contribution is -0.120. The quantitative estimate of drug-likeness (QED) is 0.513. The Morgan fingerprint density at radius 1 is 1.12 bits per heavy atom. The zero-order chi connectivity index (χ0) is 17.5. The Kier molecular flexibility index (Phi) is 6.96. The molecule has 0 aliphatic rings. The molecule has 0 aliphatic heterocycles. The van der Waals surface area contributed by atoms with E-state index in [1.54, 1.807) is 18.2 Å². The van der Waals surface area contributed by atoms with Crippen molar-refractivity contribution in [3.05, 3.63) is 67.6 Å². The summed E-state index contributed by atoms with van der Waals surface area (Å²) < 4.78 is 1.64. The first-order valence-corrected chi connectivity index (χ1v) is 8.73. The van der Waals surface area contributed by atoms with Crippen molar-refractivity contribution in [2.45, 2.75) is 0 Å². The molecule has 0 saturated heterocycles. The second-order valence-electron chi connectivity index (χ2n) is 4.66. The van der Waals surface area contributed by atoms with Gasteiger partial charge in [-0.15, -0.1) is 0 Å². The van der Waals surface area contributed by atoms with Crippen LogP contribution in [0, 0.1) is 0 Å². The van der Waals surface area contributed by atoms with E-state index in [1.807, 2.05) is 24.3 Å². The van der Waals surface area contributed by atoms with Crippen molar-refractivity contribution in [1.82, 2.24) is 10.7 Å². The molecule has 2 aromatic rings. The predicted octanol–water partition coefficient (Wildman–Crippen LogP) is 3.75. The first-order valence-electron chi connectivity index (χ1n) is 6.76. The van der Waals surface area contributed by atoms with E-state index in [9.17, 15) is 9.59 Å². The lowest BCUT2D eigenvalue weighted by Crippen LogP contribution is -2.35. The largest absolute Gasteiger partial charge is 0.343 e. The van der Waals surface area contributed by atoms with Gasteiger partial charge in [-0.25, -0.2) is 5.43 Å². The third-order valence-corrected chi connectivity index (χ3v) is 4.15. The van der Waals surface area contributed by atoms with E-state index < -0.39 is 11.8 Å². The fourth-order valence-corrected chi connectivity index (χ4v) is 2.71. The molecular weight excluding hydrogens is 461 g/mol. The number of nitrogens with one attached hydrogen (secondary N) is 2. The second-order valence-corrected chi connectivity index (χ2v) is 6.89. The van der Waals surface area contributed by atoms with Gasteiger partial charge in [0.1, 0.15) is 0 Å². The van der Waals surface area contributed by atoms with Crippen molar-refractivity contribution in [3.8, 4) is 0 Å². The first kappa shape index (κ1) is 18.6. The molecule has 24 heavy (non-hydrogen) atoms. The van der Waals surface area contributed by atoms with Crippen LogP contribution >= 0.6 is 43.5 Å². The van der Waals surface area contributed by atoms with Crippen LogP contribution in [-0.2, 0) is 4.79 Å². The molecule has 0 saturated carbocycles. The summed E-state index contributed by atoms with van der Waals surface area (Å²) in [6.07, 6.45) is 1.51. The van der Waals surface area contributed by atoms with E-state index in [-0.39, 0.29) is 12.1 Å². The molecule has 0 atom stereocenters. The third kappa shape index (κ3) is 5.74. The summed E-state index contributed by atoms with van der Waals surface area (Å²) in [6, 6.07) is 12.4. The number of halogens is 3. The molecule has 2 amide bonds. The molecule has 0 aromatic heterocycles. The molecule has 124 valence electrons. The number of nitrogens with zero attached hydrogens (tertiary/aromatic N) is 1. The molecule has 0 aliphatic carbocycles. The first-order chi connectivity index (χ1) is 11.5. The van der Waals surface area contributed by atoms with Crippen LogP contribution in [0.25, 0.3) is 0 Å². The van der Waals surface area contributed by atoms with Gasteiger partial charge >= 0.3 is 0 Å². The van der Waals surface area contributed by atoms with Gasteiger partial charge in [-0.2, -0.15) is 5.10 Å². The Morgan fingerprint density at radius 2 is 1.88 bits per heavy atom. The van der Waals surface area contributed by atoms with Crippen molar-refractivity contribution >= 4 is 61.5 Å². The zero-order valence-electron chi connectivity index (χ0n) is 12.2. The smallest absolute Gasteiger partial charge is 0.259 e. The molecule has 2 aromatic carbocycles. The van der Waals surface area contributed by atoms with Crippen LogP contribution < -0.4 is 10.7 Å². The average Bonchev–Trinajstić information content (AvgIpc) is 2.55. The van der Waals surface area contributed by atoms with Gasteiger partial charge in [-0.1, -0.05) is 55.6 Å². The normalized spacial score (nSPS) is 10.6. The molecule has 0 bridgehead atoms. The van der Waals surface area contributed by atoms with Crippen LogP contribution in [0.4, 0.5) is 0 Å². The third-order valence-electron chi connectivity index (χ3n) is 2.83. The Bertz CT molecular complexity index is 797. The van der Waals surface area contributed by atoms with Crippen LogP contribution in [0.3, 0.4) is 0 Å². The minimum absolute atomic E-state index is 0.211. The van der Waals surface area contributed by atoms with Crippen molar-refractivity contribution in [3.63, 3.8) is 0 Å². The zero-order valence-corrected chi connectivity index (χ0v) is 16.2. The summed E-state index contributed by atoms with van der Waals surface area (Å²) in [4.78, 5) is 23.7. The van der Waals surface area contributed by atoms with Gasteiger partial charge < -0.3 is 5.32 Å². The maximum absolute atomic E-state index is 12.0. The van der Waals surface area contributed by atoms with E-state index in [0.29, 0.717) is 5.02 Å². The lowest BCUT2D eigenvalue weighted by atomic mass is 10.2. The number of rotatable bonds is 5. The molecule has 0 unspecified atom stereocenters. The van der Waals surface area contributed by atoms with E-state index in [4.69, 9.17) is 11.6 Å². The van der Waals surface area contributed by atoms with Gasteiger partial charge in [-0.3, -0.25) is 9.59 Å². The van der Waals surface area contributed by atoms with Crippen LogP contribution in [-0.4, -0.2) is 24.6 Å². The molecule has 2 rings (SSSR count). The van der Waals surface area contributed by atoms with Crippen molar-refractivity contribution in [2.24, 2.45) is 5.10 Å². The number of benzene rings is 2. The second kappa shape index (κ2) is 8.96. The topological polar surface area (TPSA) is 70.6 Å². The van der Waals surface area contributed by atoms with Crippen LogP contribution in [0.15, 0.2) is 56.5 Å². The maximum atomic E-state index is 12.0. The molecular formula is C16H12Br2ClN3O2. The minimum atomic E-state index is -0.444. The maximum Gasteiger partial charge on any atom is 0.259 e.